The number of aromatic nitrogens is 1. The number of nitrogens with two attached hydrogens (primary N) is 1. The Kier molecular flexibility index (Phi) is 2.42. The van der Waals surface area contributed by atoms with E-state index in [4.69, 9.17) is 5.73 Å². The van der Waals surface area contributed by atoms with Gasteiger partial charge in [0.15, 0.2) is 0 Å². The molecule has 1 fully saturated rings. The van der Waals surface area contributed by atoms with Gasteiger partial charge in [0.1, 0.15) is 5.82 Å². The van der Waals surface area contributed by atoms with Crippen LogP contribution in [0.2, 0.25) is 0 Å². The highest BCUT2D eigenvalue weighted by atomic mass is 15.1. The summed E-state index contributed by atoms with van der Waals surface area (Å²) in [6.45, 7) is 0.806. The highest BCUT2D eigenvalue weighted by Crippen LogP contribution is 2.46. The molecule has 1 aromatic rings. The number of pyridine rings is 1. The van der Waals surface area contributed by atoms with Crippen molar-refractivity contribution in [2.75, 3.05) is 25.5 Å². The normalized spacial score (nSPS) is 24.8. The summed E-state index contributed by atoms with van der Waals surface area (Å²) < 4.78 is 0. The Balaban J connectivity index is 2.08. The molecule has 0 bridgehead atoms. The minimum atomic E-state index is 0.670. The lowest BCUT2D eigenvalue weighted by Gasteiger charge is -2.11. The van der Waals surface area contributed by atoms with Gasteiger partial charge < -0.3 is 10.6 Å². The first-order valence-electron chi connectivity index (χ1n) is 5.05. The molecule has 3 nitrogen and oxygen atoms in total. The molecule has 1 aliphatic rings. The largest absolute Gasteiger partial charge is 0.363 e. The summed E-state index contributed by atoms with van der Waals surface area (Å²) in [5, 5.41) is 0. The van der Waals surface area contributed by atoms with Crippen molar-refractivity contribution in [1.29, 1.82) is 0 Å². The lowest BCUT2D eigenvalue weighted by Crippen LogP contribution is -2.10. The van der Waals surface area contributed by atoms with Crippen molar-refractivity contribution in [3.05, 3.63) is 23.9 Å². The van der Waals surface area contributed by atoms with E-state index in [1.807, 2.05) is 25.2 Å². The third-order valence-corrected chi connectivity index (χ3v) is 2.88. The summed E-state index contributed by atoms with van der Waals surface area (Å²) in [5.41, 5.74) is 6.95. The molecule has 2 atom stereocenters. The van der Waals surface area contributed by atoms with Gasteiger partial charge in [-0.3, -0.25) is 0 Å². The summed E-state index contributed by atoms with van der Waals surface area (Å²) in [4.78, 5) is 6.40. The maximum atomic E-state index is 5.61. The molecule has 0 amide bonds. The lowest BCUT2D eigenvalue weighted by atomic mass is 10.1. The van der Waals surface area contributed by atoms with E-state index in [2.05, 4.69) is 17.1 Å². The number of rotatable bonds is 3. The molecule has 14 heavy (non-hydrogen) atoms. The van der Waals surface area contributed by atoms with E-state index >= 15 is 0 Å². The Hall–Kier alpha value is -1.09. The fraction of sp³-hybridized carbons (Fsp3) is 0.545. The maximum Gasteiger partial charge on any atom is 0.127 e. The zero-order valence-electron chi connectivity index (χ0n) is 8.77. The summed E-state index contributed by atoms with van der Waals surface area (Å²) in [6.07, 6.45) is 3.22. The predicted molar refractivity (Wildman–Crippen MR) is 58.5 cm³/mol. The Morgan fingerprint density at radius 1 is 1.50 bits per heavy atom. The molecule has 0 radical (unpaired) electrons. The van der Waals surface area contributed by atoms with Crippen LogP contribution in [0.3, 0.4) is 0 Å². The second-order valence-electron chi connectivity index (χ2n) is 4.18. The van der Waals surface area contributed by atoms with Crippen LogP contribution in [0.25, 0.3) is 0 Å². The number of hydrogen-bond acceptors (Lipinski definition) is 3. The minimum Gasteiger partial charge on any atom is -0.363 e. The summed E-state index contributed by atoms with van der Waals surface area (Å²) >= 11 is 0. The van der Waals surface area contributed by atoms with Gasteiger partial charge in [-0.15, -0.1) is 0 Å². The van der Waals surface area contributed by atoms with E-state index in [1.54, 1.807) is 0 Å². The molecule has 1 aromatic heterocycles. The van der Waals surface area contributed by atoms with Gasteiger partial charge in [-0.05, 0) is 36.4 Å². The van der Waals surface area contributed by atoms with Crippen molar-refractivity contribution in [3.8, 4) is 0 Å². The molecule has 1 aliphatic carbocycles. The highest BCUT2D eigenvalue weighted by Gasteiger charge is 2.36. The van der Waals surface area contributed by atoms with E-state index in [-0.39, 0.29) is 0 Å². The van der Waals surface area contributed by atoms with Crippen molar-refractivity contribution < 1.29 is 0 Å². The van der Waals surface area contributed by atoms with Crippen LogP contribution < -0.4 is 10.6 Å². The average molecular weight is 191 g/mol. The van der Waals surface area contributed by atoms with Crippen LogP contribution in [-0.2, 0) is 0 Å². The van der Waals surface area contributed by atoms with Gasteiger partial charge in [0, 0.05) is 20.3 Å². The first kappa shape index (κ1) is 9.46. The summed E-state index contributed by atoms with van der Waals surface area (Å²) in [7, 11) is 4.00. The van der Waals surface area contributed by atoms with Crippen molar-refractivity contribution in [2.24, 2.45) is 11.7 Å². The molecule has 0 spiro atoms. The van der Waals surface area contributed by atoms with Gasteiger partial charge in [-0.25, -0.2) is 4.98 Å². The second kappa shape index (κ2) is 3.58. The highest BCUT2D eigenvalue weighted by molar-refractivity contribution is 5.39. The van der Waals surface area contributed by atoms with Gasteiger partial charge in [0.2, 0.25) is 0 Å². The van der Waals surface area contributed by atoms with Crippen molar-refractivity contribution >= 4 is 5.82 Å². The first-order chi connectivity index (χ1) is 6.72. The molecule has 0 aromatic carbocycles. The molecular weight excluding hydrogens is 174 g/mol. The van der Waals surface area contributed by atoms with Crippen LogP contribution in [0.4, 0.5) is 5.82 Å². The third kappa shape index (κ3) is 1.73. The molecule has 1 heterocycles. The quantitative estimate of drug-likeness (QED) is 0.781. The lowest BCUT2D eigenvalue weighted by molar-refractivity contribution is 0.807. The van der Waals surface area contributed by atoms with Crippen LogP contribution in [0.15, 0.2) is 18.3 Å². The monoisotopic (exact) mass is 191 g/mol. The maximum absolute atomic E-state index is 5.61. The van der Waals surface area contributed by atoms with Gasteiger partial charge in [-0.2, -0.15) is 0 Å². The fourth-order valence-electron chi connectivity index (χ4n) is 1.80. The Morgan fingerprint density at radius 2 is 2.29 bits per heavy atom. The third-order valence-electron chi connectivity index (χ3n) is 2.88. The smallest absolute Gasteiger partial charge is 0.127 e. The molecule has 2 rings (SSSR count). The number of nitrogens with zero attached hydrogens (tertiary/aromatic N) is 2. The number of anilines is 1. The number of hydrogen-bond donors (Lipinski definition) is 1. The second-order valence-corrected chi connectivity index (χ2v) is 4.18. The van der Waals surface area contributed by atoms with E-state index in [0.29, 0.717) is 11.8 Å². The topological polar surface area (TPSA) is 42.1 Å². The Bertz CT molecular complexity index is 305. The van der Waals surface area contributed by atoms with Gasteiger partial charge >= 0.3 is 0 Å². The van der Waals surface area contributed by atoms with Crippen molar-refractivity contribution in [2.45, 2.75) is 12.3 Å². The molecule has 0 unspecified atom stereocenters. The standard InChI is InChI=1S/C11H17N3/c1-14(2)11-4-3-8(7-13-11)10-5-9(10)6-12/h3-4,7,9-10H,5-6,12H2,1-2H3/t9-,10-/m0/s1. The molecule has 2 N–H and O–H groups in total. The molecule has 0 aliphatic heterocycles. The van der Waals surface area contributed by atoms with Crippen LogP contribution >= 0.6 is 0 Å². The van der Waals surface area contributed by atoms with Gasteiger partial charge in [0.25, 0.3) is 0 Å². The molecule has 0 saturated heterocycles. The minimum absolute atomic E-state index is 0.670. The summed E-state index contributed by atoms with van der Waals surface area (Å²) in [5.74, 6) is 2.38. The van der Waals surface area contributed by atoms with E-state index in [1.165, 1.54) is 12.0 Å². The average Bonchev–Trinajstić information content (AvgIpc) is 2.97. The molecular formula is C11H17N3. The predicted octanol–water partition coefficient (Wildman–Crippen LogP) is 1.21. The van der Waals surface area contributed by atoms with Gasteiger partial charge in [-0.1, -0.05) is 6.07 Å². The molecule has 1 saturated carbocycles. The Morgan fingerprint density at radius 3 is 2.71 bits per heavy atom. The van der Waals surface area contributed by atoms with Gasteiger partial charge in [0.05, 0.1) is 0 Å². The molecule has 3 heteroatoms. The van der Waals surface area contributed by atoms with Crippen molar-refractivity contribution in [3.63, 3.8) is 0 Å². The van der Waals surface area contributed by atoms with Crippen LogP contribution in [0, 0.1) is 5.92 Å². The van der Waals surface area contributed by atoms with Crippen LogP contribution in [0.5, 0.6) is 0 Å². The Labute approximate surface area is 84.9 Å². The van der Waals surface area contributed by atoms with Crippen molar-refractivity contribution in [1.82, 2.24) is 4.98 Å². The van der Waals surface area contributed by atoms with Crippen LogP contribution in [-0.4, -0.2) is 25.6 Å². The zero-order chi connectivity index (χ0) is 10.1. The first-order valence-corrected chi connectivity index (χ1v) is 5.05. The molecule has 76 valence electrons. The van der Waals surface area contributed by atoms with Crippen LogP contribution in [0.1, 0.15) is 17.9 Å². The summed E-state index contributed by atoms with van der Waals surface area (Å²) in [6, 6.07) is 4.24. The van der Waals surface area contributed by atoms with E-state index < -0.39 is 0 Å². The van der Waals surface area contributed by atoms with E-state index in [0.717, 1.165) is 12.4 Å². The SMILES string of the molecule is CN(C)c1ccc([C@@H]2C[C@H]2CN)cn1. The zero-order valence-corrected chi connectivity index (χ0v) is 8.77. The fourth-order valence-corrected chi connectivity index (χ4v) is 1.80. The van der Waals surface area contributed by atoms with E-state index in [9.17, 15) is 0 Å².